The van der Waals surface area contributed by atoms with Crippen LogP contribution in [0, 0.1) is 5.92 Å². The van der Waals surface area contributed by atoms with Crippen LogP contribution in [0.2, 0.25) is 0 Å². The largest absolute Gasteiger partial charge is 0.464 e. The number of hydrogen-bond donors (Lipinski definition) is 0. The number of ether oxygens (including phenoxy) is 1. The molecule has 1 aliphatic carbocycles. The van der Waals surface area contributed by atoms with Gasteiger partial charge >= 0.3 is 5.97 Å². The third-order valence-corrected chi connectivity index (χ3v) is 5.08. The van der Waals surface area contributed by atoms with E-state index in [0.29, 0.717) is 6.61 Å². The van der Waals surface area contributed by atoms with Gasteiger partial charge in [0.2, 0.25) is 0 Å². The van der Waals surface area contributed by atoms with Crippen molar-refractivity contribution in [3.8, 4) is 0 Å². The van der Waals surface area contributed by atoms with Crippen molar-refractivity contribution >= 4 is 17.7 Å². The summed E-state index contributed by atoms with van der Waals surface area (Å²) in [5.41, 5.74) is 0. The Balaban J connectivity index is 0.000000982. The highest BCUT2D eigenvalue weighted by Crippen LogP contribution is 2.38. The van der Waals surface area contributed by atoms with Gasteiger partial charge in [0.05, 0.1) is 5.92 Å². The van der Waals surface area contributed by atoms with E-state index in [0.717, 1.165) is 6.42 Å². The summed E-state index contributed by atoms with van der Waals surface area (Å²) >= 11 is 1.88. The van der Waals surface area contributed by atoms with Crippen molar-refractivity contribution < 1.29 is 9.53 Å². The lowest BCUT2D eigenvalue weighted by molar-refractivity contribution is -0.149. The van der Waals surface area contributed by atoms with Crippen LogP contribution in [0.15, 0.2) is 0 Å². The molecule has 2 nitrogen and oxygen atoms in total. The molecule has 1 atom stereocenters. The predicted octanol–water partition coefficient (Wildman–Crippen LogP) is 5.06. The standard InChI is InChI=1S/C13H24O2S.C3H8/c1-4-11(2)12(14)15-10-13(16-3)8-6-5-7-9-13;1-3-2/h11H,4-10H2,1-3H3;3H2,1-2H3. The van der Waals surface area contributed by atoms with Gasteiger partial charge in [-0.15, -0.1) is 0 Å². The van der Waals surface area contributed by atoms with Crippen LogP contribution >= 0.6 is 11.8 Å². The smallest absolute Gasteiger partial charge is 0.308 e. The van der Waals surface area contributed by atoms with Crippen LogP contribution in [0.1, 0.15) is 72.6 Å². The lowest BCUT2D eigenvalue weighted by atomic mass is 9.89. The normalized spacial score (nSPS) is 19.0. The zero-order chi connectivity index (χ0) is 14.7. The fraction of sp³-hybridized carbons (Fsp3) is 0.938. The molecular weight excluding hydrogens is 256 g/mol. The second-order valence-electron chi connectivity index (χ2n) is 5.57. The number of esters is 1. The average Bonchev–Trinajstić information content (AvgIpc) is 2.45. The lowest BCUT2D eigenvalue weighted by Gasteiger charge is -2.35. The van der Waals surface area contributed by atoms with Gasteiger partial charge in [0.15, 0.2) is 0 Å². The first kappa shape index (κ1) is 18.8. The first-order chi connectivity index (χ1) is 9.05. The molecule has 1 unspecified atom stereocenters. The monoisotopic (exact) mass is 288 g/mol. The topological polar surface area (TPSA) is 26.3 Å². The maximum atomic E-state index is 11.6. The van der Waals surface area contributed by atoms with Crippen LogP contribution in [-0.4, -0.2) is 23.6 Å². The first-order valence-corrected chi connectivity index (χ1v) is 8.99. The van der Waals surface area contributed by atoms with Gasteiger partial charge in [0.25, 0.3) is 0 Å². The molecule has 0 spiro atoms. The van der Waals surface area contributed by atoms with Crippen LogP contribution in [-0.2, 0) is 9.53 Å². The van der Waals surface area contributed by atoms with Crippen LogP contribution < -0.4 is 0 Å². The van der Waals surface area contributed by atoms with Crippen LogP contribution in [0.5, 0.6) is 0 Å². The average molecular weight is 288 g/mol. The molecule has 0 N–H and O–H groups in total. The molecule has 0 aromatic rings. The molecule has 3 heteroatoms. The van der Waals surface area contributed by atoms with E-state index >= 15 is 0 Å². The van der Waals surface area contributed by atoms with Crippen molar-refractivity contribution in [2.75, 3.05) is 12.9 Å². The van der Waals surface area contributed by atoms with E-state index in [1.165, 1.54) is 38.5 Å². The van der Waals surface area contributed by atoms with E-state index in [-0.39, 0.29) is 16.6 Å². The highest BCUT2D eigenvalue weighted by molar-refractivity contribution is 8.00. The van der Waals surface area contributed by atoms with E-state index in [1.807, 2.05) is 25.6 Å². The van der Waals surface area contributed by atoms with Crippen LogP contribution in [0.4, 0.5) is 0 Å². The molecule has 114 valence electrons. The summed E-state index contributed by atoms with van der Waals surface area (Å²) < 4.78 is 5.68. The second-order valence-corrected chi connectivity index (χ2v) is 6.85. The molecular formula is C16H32O2S. The maximum absolute atomic E-state index is 11.6. The van der Waals surface area contributed by atoms with Crippen molar-refractivity contribution in [3.63, 3.8) is 0 Å². The minimum absolute atomic E-state index is 0.0264. The number of hydrogen-bond acceptors (Lipinski definition) is 3. The van der Waals surface area contributed by atoms with Crippen molar-refractivity contribution in [1.29, 1.82) is 0 Å². The van der Waals surface area contributed by atoms with E-state index < -0.39 is 0 Å². The van der Waals surface area contributed by atoms with Crippen molar-refractivity contribution in [2.45, 2.75) is 77.4 Å². The number of thioether (sulfide) groups is 1. The number of carbonyl (C=O) groups is 1. The molecule has 1 rings (SSSR count). The molecule has 1 saturated carbocycles. The summed E-state index contributed by atoms with van der Waals surface area (Å²) in [7, 11) is 0. The van der Waals surface area contributed by atoms with Gasteiger partial charge in [-0.2, -0.15) is 11.8 Å². The maximum Gasteiger partial charge on any atom is 0.308 e. The molecule has 0 aromatic carbocycles. The van der Waals surface area contributed by atoms with Crippen LogP contribution in [0.25, 0.3) is 0 Å². The summed E-state index contributed by atoms with van der Waals surface area (Å²) in [6.07, 6.45) is 10.5. The first-order valence-electron chi connectivity index (χ1n) is 7.77. The van der Waals surface area contributed by atoms with Gasteiger partial charge in [0, 0.05) is 4.75 Å². The van der Waals surface area contributed by atoms with Gasteiger partial charge < -0.3 is 4.74 Å². The Labute approximate surface area is 124 Å². The fourth-order valence-corrected chi connectivity index (χ4v) is 2.99. The molecule has 19 heavy (non-hydrogen) atoms. The predicted molar refractivity (Wildman–Crippen MR) is 85.7 cm³/mol. The molecule has 0 aliphatic heterocycles. The fourth-order valence-electron chi connectivity index (χ4n) is 2.12. The molecule has 0 bridgehead atoms. The SMILES string of the molecule is CCC.CCC(C)C(=O)OCC1(SC)CCCCC1. The van der Waals surface area contributed by atoms with Crippen molar-refractivity contribution in [1.82, 2.24) is 0 Å². The molecule has 1 fully saturated rings. The van der Waals surface area contributed by atoms with Gasteiger partial charge in [-0.1, -0.05) is 53.4 Å². The summed E-state index contributed by atoms with van der Waals surface area (Å²) in [4.78, 5) is 11.6. The highest BCUT2D eigenvalue weighted by Gasteiger charge is 2.33. The molecule has 0 aromatic heterocycles. The Bertz CT molecular complexity index is 235. The van der Waals surface area contributed by atoms with Crippen molar-refractivity contribution in [3.05, 3.63) is 0 Å². The van der Waals surface area contributed by atoms with E-state index in [9.17, 15) is 4.79 Å². The summed E-state index contributed by atoms with van der Waals surface area (Å²) in [5.74, 6) is 0.0176. The quantitative estimate of drug-likeness (QED) is 0.662. The summed E-state index contributed by atoms with van der Waals surface area (Å²) in [6, 6.07) is 0. The van der Waals surface area contributed by atoms with Gasteiger partial charge in [-0.25, -0.2) is 0 Å². The highest BCUT2D eigenvalue weighted by atomic mass is 32.2. The minimum Gasteiger partial charge on any atom is -0.464 e. The Kier molecular flexibility index (Phi) is 10.5. The Morgan fingerprint density at radius 1 is 1.21 bits per heavy atom. The van der Waals surface area contributed by atoms with E-state index in [2.05, 4.69) is 20.1 Å². The van der Waals surface area contributed by atoms with Crippen molar-refractivity contribution in [2.24, 2.45) is 5.92 Å². The third-order valence-electron chi connectivity index (χ3n) is 3.69. The zero-order valence-corrected chi connectivity index (χ0v) is 14.3. The number of rotatable bonds is 5. The Morgan fingerprint density at radius 3 is 2.16 bits per heavy atom. The molecule has 0 radical (unpaired) electrons. The third kappa shape index (κ3) is 7.24. The molecule has 0 saturated heterocycles. The van der Waals surface area contributed by atoms with Gasteiger partial charge in [0.1, 0.15) is 6.61 Å². The zero-order valence-electron chi connectivity index (χ0n) is 13.5. The summed E-state index contributed by atoms with van der Waals surface area (Å²) in [5, 5.41) is 0. The van der Waals surface area contributed by atoms with Gasteiger partial charge in [-0.05, 0) is 25.5 Å². The second kappa shape index (κ2) is 10.6. The number of carbonyl (C=O) groups excluding carboxylic acids is 1. The Hall–Kier alpha value is -0.180. The van der Waals surface area contributed by atoms with E-state index in [1.54, 1.807) is 0 Å². The lowest BCUT2D eigenvalue weighted by Crippen LogP contribution is -2.35. The Morgan fingerprint density at radius 2 is 1.74 bits per heavy atom. The minimum atomic E-state index is -0.0264. The van der Waals surface area contributed by atoms with E-state index in [4.69, 9.17) is 4.74 Å². The van der Waals surface area contributed by atoms with Crippen LogP contribution in [0.3, 0.4) is 0 Å². The molecule has 0 heterocycles. The van der Waals surface area contributed by atoms with Gasteiger partial charge in [-0.3, -0.25) is 4.79 Å². The summed E-state index contributed by atoms with van der Waals surface area (Å²) in [6.45, 7) is 8.82. The molecule has 1 aliphatic rings. The molecule has 0 amide bonds.